The van der Waals surface area contributed by atoms with Gasteiger partial charge in [-0.25, -0.2) is 8.42 Å². The maximum atomic E-state index is 12.6. The molecule has 0 unspecified atom stereocenters. The first-order valence-electron chi connectivity index (χ1n) is 6.57. The highest BCUT2D eigenvalue weighted by Crippen LogP contribution is 2.38. The number of hydrogen-bond donors (Lipinski definition) is 2. The number of aliphatic hydroxyl groups is 1. The van der Waals surface area contributed by atoms with Crippen LogP contribution in [0.2, 0.25) is 0 Å². The summed E-state index contributed by atoms with van der Waals surface area (Å²) in [6, 6.07) is 3.20. The van der Waals surface area contributed by atoms with E-state index < -0.39 is 15.6 Å². The van der Waals surface area contributed by atoms with Crippen molar-refractivity contribution in [3.05, 3.63) is 17.7 Å². The zero-order chi connectivity index (χ0) is 14.5. The second-order valence-corrected chi connectivity index (χ2v) is 7.64. The van der Waals surface area contributed by atoms with Crippen LogP contribution in [0.15, 0.2) is 17.0 Å². The molecule has 1 fully saturated rings. The molecule has 7 heteroatoms. The lowest BCUT2D eigenvalue weighted by atomic mass is 10.0. The van der Waals surface area contributed by atoms with Gasteiger partial charge >= 0.3 is 0 Å². The maximum absolute atomic E-state index is 12.6. The van der Waals surface area contributed by atoms with E-state index in [1.54, 1.807) is 13.0 Å². The van der Waals surface area contributed by atoms with Crippen LogP contribution in [0.25, 0.3) is 0 Å². The summed E-state index contributed by atoms with van der Waals surface area (Å²) >= 11 is 0. The van der Waals surface area contributed by atoms with Crippen LogP contribution in [0.3, 0.4) is 0 Å². The Bertz CT molecular complexity index is 647. The SMILES string of the molecule is CC1(O)CN(S(=O)(=O)c2cc(N)cc3c2OCCC3)C1. The van der Waals surface area contributed by atoms with E-state index in [1.165, 1.54) is 10.4 Å². The molecule has 1 aromatic rings. The third-order valence-corrected chi connectivity index (χ3v) is 5.44. The van der Waals surface area contributed by atoms with Gasteiger partial charge in [0.2, 0.25) is 10.0 Å². The van der Waals surface area contributed by atoms with E-state index in [4.69, 9.17) is 10.5 Å². The average Bonchev–Trinajstić information content (AvgIpc) is 2.34. The zero-order valence-corrected chi connectivity index (χ0v) is 12.1. The number of β-amino-alcohol motifs (C(OH)–C–C–N with tert-alkyl or cyclic N) is 1. The summed E-state index contributed by atoms with van der Waals surface area (Å²) in [6.45, 7) is 2.32. The molecule has 6 nitrogen and oxygen atoms in total. The molecular weight excluding hydrogens is 280 g/mol. The number of benzene rings is 1. The van der Waals surface area contributed by atoms with Gasteiger partial charge in [0.15, 0.2) is 0 Å². The molecule has 0 spiro atoms. The van der Waals surface area contributed by atoms with E-state index in [0.29, 0.717) is 18.0 Å². The first kappa shape index (κ1) is 13.7. The smallest absolute Gasteiger partial charge is 0.247 e. The van der Waals surface area contributed by atoms with Crippen LogP contribution >= 0.6 is 0 Å². The molecule has 0 aliphatic carbocycles. The summed E-state index contributed by atoms with van der Waals surface area (Å²) < 4.78 is 32.0. The van der Waals surface area contributed by atoms with Gasteiger partial charge in [-0.15, -0.1) is 0 Å². The van der Waals surface area contributed by atoms with E-state index in [9.17, 15) is 13.5 Å². The Morgan fingerprint density at radius 3 is 2.75 bits per heavy atom. The molecule has 0 atom stereocenters. The van der Waals surface area contributed by atoms with Gasteiger partial charge in [0.05, 0.1) is 12.2 Å². The molecule has 0 bridgehead atoms. The van der Waals surface area contributed by atoms with Crippen molar-refractivity contribution in [3.63, 3.8) is 0 Å². The van der Waals surface area contributed by atoms with Gasteiger partial charge in [-0.1, -0.05) is 0 Å². The highest BCUT2D eigenvalue weighted by Gasteiger charge is 2.45. The normalized spacial score (nSPS) is 21.7. The van der Waals surface area contributed by atoms with Crippen LogP contribution in [0.1, 0.15) is 18.9 Å². The van der Waals surface area contributed by atoms with E-state index in [0.717, 1.165) is 18.4 Å². The number of sulfonamides is 1. The fraction of sp³-hybridized carbons (Fsp3) is 0.538. The molecule has 3 N–H and O–H groups in total. The van der Waals surface area contributed by atoms with Crippen molar-refractivity contribution in [2.24, 2.45) is 0 Å². The molecule has 2 aliphatic rings. The first-order valence-corrected chi connectivity index (χ1v) is 8.01. The van der Waals surface area contributed by atoms with Gasteiger partial charge < -0.3 is 15.6 Å². The number of nitrogens with two attached hydrogens (primary N) is 1. The number of aryl methyl sites for hydroxylation is 1. The van der Waals surface area contributed by atoms with Gasteiger partial charge in [-0.3, -0.25) is 0 Å². The molecule has 20 heavy (non-hydrogen) atoms. The Hall–Kier alpha value is -1.31. The Balaban J connectivity index is 2.04. The third kappa shape index (κ3) is 2.15. The van der Waals surface area contributed by atoms with Crippen LogP contribution in [0.5, 0.6) is 5.75 Å². The predicted octanol–water partition coefficient (Wildman–Crippen LogP) is 0.349. The molecule has 0 amide bonds. The maximum Gasteiger partial charge on any atom is 0.247 e. The summed E-state index contributed by atoms with van der Waals surface area (Å²) in [5, 5.41) is 9.72. The molecule has 1 saturated heterocycles. The Kier molecular flexibility index (Phi) is 2.97. The lowest BCUT2D eigenvalue weighted by Gasteiger charge is -2.43. The third-order valence-electron chi connectivity index (χ3n) is 3.64. The minimum absolute atomic E-state index is 0.0961. The van der Waals surface area contributed by atoms with Crippen molar-refractivity contribution >= 4 is 15.7 Å². The van der Waals surface area contributed by atoms with Crippen molar-refractivity contribution in [3.8, 4) is 5.75 Å². The van der Waals surface area contributed by atoms with Crippen LogP contribution in [0.4, 0.5) is 5.69 Å². The molecule has 0 radical (unpaired) electrons. The van der Waals surface area contributed by atoms with Crippen molar-refractivity contribution in [1.82, 2.24) is 4.31 Å². The number of ether oxygens (including phenoxy) is 1. The predicted molar refractivity (Wildman–Crippen MR) is 74.1 cm³/mol. The highest BCUT2D eigenvalue weighted by atomic mass is 32.2. The number of fused-ring (bicyclic) bond motifs is 1. The lowest BCUT2D eigenvalue weighted by Crippen LogP contribution is -2.61. The second-order valence-electron chi connectivity index (χ2n) is 5.73. The average molecular weight is 298 g/mol. The number of anilines is 1. The van der Waals surface area contributed by atoms with Crippen LogP contribution in [-0.4, -0.2) is 43.1 Å². The highest BCUT2D eigenvalue weighted by molar-refractivity contribution is 7.89. The Morgan fingerprint density at radius 2 is 2.10 bits per heavy atom. The molecular formula is C13H18N2O4S. The van der Waals surface area contributed by atoms with Gasteiger partial charge in [0.1, 0.15) is 10.6 Å². The first-order chi connectivity index (χ1) is 9.29. The summed E-state index contributed by atoms with van der Waals surface area (Å²) in [4.78, 5) is 0.114. The fourth-order valence-corrected chi connectivity index (χ4v) is 4.57. The van der Waals surface area contributed by atoms with Crippen molar-refractivity contribution in [2.45, 2.75) is 30.3 Å². The van der Waals surface area contributed by atoms with Crippen molar-refractivity contribution < 1.29 is 18.3 Å². The van der Waals surface area contributed by atoms with E-state index >= 15 is 0 Å². The van der Waals surface area contributed by atoms with Gasteiger partial charge in [0, 0.05) is 18.8 Å². The Labute approximate surface area is 118 Å². The fourth-order valence-electron chi connectivity index (χ4n) is 2.68. The van der Waals surface area contributed by atoms with E-state index in [-0.39, 0.29) is 18.0 Å². The molecule has 3 rings (SSSR count). The van der Waals surface area contributed by atoms with E-state index in [2.05, 4.69) is 0 Å². The standard InChI is InChI=1S/C13H18N2O4S/c1-13(16)7-15(8-13)20(17,18)11-6-10(14)5-9-3-2-4-19-12(9)11/h5-6,16H,2-4,7-8,14H2,1H3. The molecule has 2 aliphatic heterocycles. The van der Waals surface area contributed by atoms with E-state index in [1.807, 2.05) is 0 Å². The topological polar surface area (TPSA) is 92.9 Å². The summed E-state index contributed by atoms with van der Waals surface area (Å²) in [5.74, 6) is 0.414. The zero-order valence-electron chi connectivity index (χ0n) is 11.3. The monoisotopic (exact) mass is 298 g/mol. The molecule has 2 heterocycles. The van der Waals surface area contributed by atoms with Gasteiger partial charge in [-0.05, 0) is 37.5 Å². The number of hydrogen-bond acceptors (Lipinski definition) is 5. The number of nitrogen functional groups attached to an aromatic ring is 1. The quantitative estimate of drug-likeness (QED) is 0.769. The molecule has 0 saturated carbocycles. The minimum atomic E-state index is -3.67. The van der Waals surface area contributed by atoms with Gasteiger partial charge in [-0.2, -0.15) is 4.31 Å². The lowest BCUT2D eigenvalue weighted by molar-refractivity contribution is -0.0427. The van der Waals surface area contributed by atoms with Gasteiger partial charge in [0.25, 0.3) is 0 Å². The van der Waals surface area contributed by atoms with Crippen LogP contribution in [-0.2, 0) is 16.4 Å². The summed E-state index contributed by atoms with van der Waals surface area (Å²) in [6.07, 6.45) is 1.62. The summed E-state index contributed by atoms with van der Waals surface area (Å²) in [5.41, 5.74) is 6.11. The number of rotatable bonds is 2. The Morgan fingerprint density at radius 1 is 1.40 bits per heavy atom. The largest absolute Gasteiger partial charge is 0.492 e. The molecule has 110 valence electrons. The van der Waals surface area contributed by atoms with Crippen molar-refractivity contribution in [2.75, 3.05) is 25.4 Å². The van der Waals surface area contributed by atoms with Crippen LogP contribution in [0, 0.1) is 0 Å². The van der Waals surface area contributed by atoms with Crippen molar-refractivity contribution in [1.29, 1.82) is 0 Å². The second kappa shape index (κ2) is 4.34. The van der Waals surface area contributed by atoms with Crippen LogP contribution < -0.4 is 10.5 Å². The molecule has 1 aromatic carbocycles. The number of nitrogens with zero attached hydrogens (tertiary/aromatic N) is 1. The summed E-state index contributed by atoms with van der Waals surface area (Å²) in [7, 11) is -3.67. The molecule has 0 aromatic heterocycles. The minimum Gasteiger partial charge on any atom is -0.492 e.